The number of hydrogen-bond donors (Lipinski definition) is 1. The van der Waals surface area contributed by atoms with Crippen LogP contribution in [0.5, 0.6) is 0 Å². The quantitative estimate of drug-likeness (QED) is 0.871. The molecular weight excluding hydrogens is 278 g/mol. The number of ether oxygens (including phenoxy) is 1. The van der Waals surface area contributed by atoms with Gasteiger partial charge in [0.2, 0.25) is 10.0 Å². The summed E-state index contributed by atoms with van der Waals surface area (Å²) < 4.78 is 31.2. The molecule has 0 bridgehead atoms. The number of carbonyl (C=O) groups excluding carboxylic acids is 1. The molecule has 0 aliphatic rings. The molecule has 106 valence electrons. The Morgan fingerprint density at radius 2 is 1.80 bits per heavy atom. The van der Waals surface area contributed by atoms with Crippen molar-refractivity contribution in [2.24, 2.45) is 0 Å². The van der Waals surface area contributed by atoms with Crippen molar-refractivity contribution in [1.29, 1.82) is 0 Å². The summed E-state index contributed by atoms with van der Waals surface area (Å²) in [7, 11) is -2.55. The Kier molecular flexibility index (Phi) is 4.06. The zero-order chi connectivity index (χ0) is 14.8. The Morgan fingerprint density at radius 1 is 1.15 bits per heavy atom. The second kappa shape index (κ2) is 5.60. The molecule has 0 saturated carbocycles. The highest BCUT2D eigenvalue weighted by atomic mass is 32.2. The lowest BCUT2D eigenvalue weighted by Gasteiger charge is -2.12. The van der Waals surface area contributed by atoms with Gasteiger partial charge in [0.15, 0.2) is 0 Å². The van der Waals surface area contributed by atoms with Crippen LogP contribution in [0.15, 0.2) is 47.4 Å². The van der Waals surface area contributed by atoms with Crippen molar-refractivity contribution in [2.45, 2.75) is 17.9 Å². The third-order valence-corrected chi connectivity index (χ3v) is 4.46. The largest absolute Gasteiger partial charge is 0.468 e. The fourth-order valence-electron chi connectivity index (χ4n) is 1.86. The van der Waals surface area contributed by atoms with E-state index in [4.69, 9.17) is 0 Å². The molecule has 0 aliphatic carbocycles. The van der Waals surface area contributed by atoms with E-state index in [0.29, 0.717) is 0 Å². The molecule has 0 aliphatic heterocycles. The number of rotatable bonds is 4. The van der Waals surface area contributed by atoms with Gasteiger partial charge in [-0.05, 0) is 29.8 Å². The average molecular weight is 293 g/mol. The maximum absolute atomic E-state index is 12.2. The molecule has 6 heteroatoms. The molecule has 2 aromatic rings. The monoisotopic (exact) mass is 293 g/mol. The standard InChI is InChI=1S/C14H15NO4S/c1-10(14(16)19-2)15-20(17,18)13-8-7-11-5-3-4-6-12(11)9-13/h3-10,15H,1-2H3/t10-/m0/s1. The Morgan fingerprint density at radius 3 is 2.45 bits per heavy atom. The normalized spacial score (nSPS) is 13.1. The molecule has 0 amide bonds. The van der Waals surface area contributed by atoms with Crippen molar-refractivity contribution in [3.63, 3.8) is 0 Å². The molecule has 1 N–H and O–H groups in total. The Hall–Kier alpha value is -1.92. The SMILES string of the molecule is COC(=O)[C@H](C)NS(=O)(=O)c1ccc2ccccc2c1. The van der Waals surface area contributed by atoms with Gasteiger partial charge in [-0.15, -0.1) is 0 Å². The molecule has 2 aromatic carbocycles. The first kappa shape index (κ1) is 14.5. The maximum Gasteiger partial charge on any atom is 0.323 e. The lowest BCUT2D eigenvalue weighted by atomic mass is 10.1. The number of carbonyl (C=O) groups is 1. The molecule has 0 radical (unpaired) electrons. The number of esters is 1. The summed E-state index contributed by atoms with van der Waals surface area (Å²) in [5.74, 6) is -0.630. The molecule has 20 heavy (non-hydrogen) atoms. The van der Waals surface area contributed by atoms with Gasteiger partial charge in [0.25, 0.3) is 0 Å². The molecule has 0 aromatic heterocycles. The minimum atomic E-state index is -3.76. The fraction of sp³-hybridized carbons (Fsp3) is 0.214. The van der Waals surface area contributed by atoms with Gasteiger partial charge < -0.3 is 4.74 Å². The van der Waals surface area contributed by atoms with E-state index in [9.17, 15) is 13.2 Å². The third-order valence-electron chi connectivity index (χ3n) is 2.92. The van der Waals surface area contributed by atoms with E-state index in [1.807, 2.05) is 24.3 Å². The fourth-order valence-corrected chi connectivity index (χ4v) is 3.09. The predicted octanol–water partition coefficient (Wildman–Crippen LogP) is 1.68. The topological polar surface area (TPSA) is 72.5 Å². The van der Waals surface area contributed by atoms with Crippen LogP contribution in [-0.2, 0) is 19.6 Å². The Bertz CT molecular complexity index is 740. The van der Waals surface area contributed by atoms with Crippen LogP contribution in [0.2, 0.25) is 0 Å². The molecule has 0 saturated heterocycles. The summed E-state index contributed by atoms with van der Waals surface area (Å²) >= 11 is 0. The van der Waals surface area contributed by atoms with Gasteiger partial charge in [0.1, 0.15) is 6.04 Å². The summed E-state index contributed by atoms with van der Waals surface area (Å²) in [6.07, 6.45) is 0. The molecule has 0 unspecified atom stereocenters. The van der Waals surface area contributed by atoms with Gasteiger partial charge in [0, 0.05) is 0 Å². The maximum atomic E-state index is 12.2. The van der Waals surface area contributed by atoms with Gasteiger partial charge >= 0.3 is 5.97 Å². The van der Waals surface area contributed by atoms with E-state index in [1.165, 1.54) is 20.1 Å². The van der Waals surface area contributed by atoms with Gasteiger partial charge in [-0.2, -0.15) is 4.72 Å². The number of sulfonamides is 1. The van der Waals surface area contributed by atoms with Crippen molar-refractivity contribution >= 4 is 26.8 Å². The highest BCUT2D eigenvalue weighted by molar-refractivity contribution is 7.89. The lowest BCUT2D eigenvalue weighted by Crippen LogP contribution is -2.39. The van der Waals surface area contributed by atoms with E-state index >= 15 is 0 Å². The first-order chi connectivity index (χ1) is 9.44. The van der Waals surface area contributed by atoms with E-state index in [-0.39, 0.29) is 4.90 Å². The van der Waals surface area contributed by atoms with Crippen LogP contribution in [0.4, 0.5) is 0 Å². The number of methoxy groups -OCH3 is 1. The highest BCUT2D eigenvalue weighted by Crippen LogP contribution is 2.19. The Balaban J connectivity index is 2.34. The van der Waals surface area contributed by atoms with Crippen LogP contribution in [-0.4, -0.2) is 27.5 Å². The summed E-state index contributed by atoms with van der Waals surface area (Å²) in [5.41, 5.74) is 0. The van der Waals surface area contributed by atoms with Crippen molar-refractivity contribution in [3.8, 4) is 0 Å². The number of benzene rings is 2. The van der Waals surface area contributed by atoms with Crippen LogP contribution >= 0.6 is 0 Å². The Labute approximate surface area is 117 Å². The van der Waals surface area contributed by atoms with Crippen molar-refractivity contribution in [2.75, 3.05) is 7.11 Å². The molecule has 0 spiro atoms. The van der Waals surface area contributed by atoms with E-state index in [2.05, 4.69) is 9.46 Å². The minimum Gasteiger partial charge on any atom is -0.468 e. The first-order valence-electron chi connectivity index (χ1n) is 6.03. The second-order valence-corrected chi connectivity index (χ2v) is 6.09. The summed E-state index contributed by atoms with van der Waals surface area (Å²) in [6.45, 7) is 1.43. The van der Waals surface area contributed by atoms with Gasteiger partial charge in [-0.3, -0.25) is 4.79 Å². The molecule has 2 rings (SSSR count). The van der Waals surface area contributed by atoms with Crippen molar-refractivity contribution < 1.29 is 17.9 Å². The van der Waals surface area contributed by atoms with Crippen molar-refractivity contribution in [3.05, 3.63) is 42.5 Å². The second-order valence-electron chi connectivity index (χ2n) is 4.38. The summed E-state index contributed by atoms with van der Waals surface area (Å²) in [6, 6.07) is 11.3. The number of hydrogen-bond acceptors (Lipinski definition) is 4. The van der Waals surface area contributed by atoms with Gasteiger partial charge in [-0.1, -0.05) is 30.3 Å². The first-order valence-corrected chi connectivity index (χ1v) is 7.51. The van der Waals surface area contributed by atoms with Crippen LogP contribution < -0.4 is 4.72 Å². The van der Waals surface area contributed by atoms with Gasteiger partial charge in [0.05, 0.1) is 12.0 Å². The molecule has 1 atom stereocenters. The third kappa shape index (κ3) is 2.97. The lowest BCUT2D eigenvalue weighted by molar-refractivity contribution is -0.142. The average Bonchev–Trinajstić information content (AvgIpc) is 2.45. The number of nitrogens with one attached hydrogen (secondary N) is 1. The predicted molar refractivity (Wildman–Crippen MR) is 75.7 cm³/mol. The molecule has 5 nitrogen and oxygen atoms in total. The molecule has 0 heterocycles. The summed E-state index contributed by atoms with van der Waals surface area (Å²) in [4.78, 5) is 11.4. The van der Waals surface area contributed by atoms with Crippen LogP contribution in [0.25, 0.3) is 10.8 Å². The smallest absolute Gasteiger partial charge is 0.323 e. The summed E-state index contributed by atoms with van der Waals surface area (Å²) in [5, 5.41) is 1.77. The van der Waals surface area contributed by atoms with Crippen LogP contribution in [0.3, 0.4) is 0 Å². The highest BCUT2D eigenvalue weighted by Gasteiger charge is 2.22. The molecular formula is C14H15NO4S. The zero-order valence-corrected chi connectivity index (χ0v) is 12.0. The van der Waals surface area contributed by atoms with Crippen LogP contribution in [0.1, 0.15) is 6.92 Å². The van der Waals surface area contributed by atoms with Crippen LogP contribution in [0, 0.1) is 0 Å². The van der Waals surface area contributed by atoms with Gasteiger partial charge in [-0.25, -0.2) is 8.42 Å². The number of fused-ring (bicyclic) bond motifs is 1. The van der Waals surface area contributed by atoms with E-state index in [1.54, 1.807) is 12.1 Å². The van der Waals surface area contributed by atoms with E-state index < -0.39 is 22.0 Å². The van der Waals surface area contributed by atoms with E-state index in [0.717, 1.165) is 10.8 Å². The zero-order valence-electron chi connectivity index (χ0n) is 11.2. The minimum absolute atomic E-state index is 0.118. The van der Waals surface area contributed by atoms with Crippen molar-refractivity contribution in [1.82, 2.24) is 4.72 Å². The molecule has 0 fully saturated rings.